The average Bonchev–Trinajstić information content (AvgIpc) is 2.40. The Kier molecular flexibility index (Phi) is 5.18. The second-order valence-electron chi connectivity index (χ2n) is 8.28. The molecule has 0 bridgehead atoms. The van der Waals surface area contributed by atoms with Crippen molar-refractivity contribution in [1.82, 2.24) is 4.90 Å². The zero-order chi connectivity index (χ0) is 16.5. The Hall–Kier alpha value is -1.06. The van der Waals surface area contributed by atoms with Crippen LogP contribution in [0.2, 0.25) is 0 Å². The molecule has 0 aromatic rings. The van der Waals surface area contributed by atoms with Gasteiger partial charge >= 0.3 is 6.09 Å². The monoisotopic (exact) mass is 309 g/mol. The molecule has 0 spiro atoms. The maximum absolute atomic E-state index is 12.4. The van der Waals surface area contributed by atoms with E-state index in [0.717, 1.165) is 18.8 Å². The van der Waals surface area contributed by atoms with Crippen LogP contribution in [0.4, 0.5) is 4.79 Å². The van der Waals surface area contributed by atoms with Crippen molar-refractivity contribution in [2.75, 3.05) is 13.1 Å². The summed E-state index contributed by atoms with van der Waals surface area (Å²) in [5.41, 5.74) is -0.483. The Morgan fingerprint density at radius 2 is 1.86 bits per heavy atom. The van der Waals surface area contributed by atoms with E-state index in [-0.39, 0.29) is 12.0 Å². The van der Waals surface area contributed by atoms with Crippen LogP contribution in [0.1, 0.15) is 60.3 Å². The second-order valence-corrected chi connectivity index (χ2v) is 8.28. The molecule has 1 saturated carbocycles. The van der Waals surface area contributed by atoms with Crippen molar-refractivity contribution >= 4 is 11.9 Å². The van der Waals surface area contributed by atoms with Crippen molar-refractivity contribution in [3.05, 3.63) is 0 Å². The maximum atomic E-state index is 12.4. The van der Waals surface area contributed by atoms with Crippen LogP contribution in [0.25, 0.3) is 0 Å². The number of ether oxygens (including phenoxy) is 1. The number of carbonyl (C=O) groups excluding carboxylic acids is 2. The number of Topliss-reactive ketones (excluding diaryl/α,β-unsaturated/α-hetero) is 1. The lowest BCUT2D eigenvalue weighted by Crippen LogP contribution is -2.48. The molecule has 4 unspecified atom stereocenters. The summed E-state index contributed by atoms with van der Waals surface area (Å²) in [7, 11) is 0. The van der Waals surface area contributed by atoms with E-state index in [0.29, 0.717) is 37.1 Å². The van der Waals surface area contributed by atoms with Gasteiger partial charge in [0.2, 0.25) is 0 Å². The molecule has 4 heteroatoms. The van der Waals surface area contributed by atoms with Gasteiger partial charge in [-0.3, -0.25) is 4.79 Å². The fourth-order valence-electron chi connectivity index (χ4n) is 3.72. The molecule has 1 heterocycles. The molecule has 22 heavy (non-hydrogen) atoms. The summed E-state index contributed by atoms with van der Waals surface area (Å²) >= 11 is 0. The highest BCUT2D eigenvalue weighted by Crippen LogP contribution is 2.39. The van der Waals surface area contributed by atoms with Crippen LogP contribution in [-0.4, -0.2) is 35.5 Å². The Morgan fingerprint density at radius 1 is 1.18 bits per heavy atom. The summed E-state index contributed by atoms with van der Waals surface area (Å²) in [6, 6.07) is 0. The fourth-order valence-corrected chi connectivity index (χ4v) is 3.72. The first kappa shape index (κ1) is 17.3. The number of likely N-dealkylation sites (tertiary alicyclic amines) is 1. The number of rotatable bonds is 1. The summed E-state index contributed by atoms with van der Waals surface area (Å²) < 4.78 is 5.46. The Bertz CT molecular complexity index is 427. The van der Waals surface area contributed by atoms with Crippen molar-refractivity contribution in [2.45, 2.75) is 65.9 Å². The third kappa shape index (κ3) is 4.23. The summed E-state index contributed by atoms with van der Waals surface area (Å²) in [5.74, 6) is 2.20. The lowest BCUT2D eigenvalue weighted by Gasteiger charge is -2.40. The number of hydrogen-bond donors (Lipinski definition) is 0. The van der Waals surface area contributed by atoms with E-state index in [2.05, 4.69) is 13.8 Å². The van der Waals surface area contributed by atoms with Gasteiger partial charge in [-0.15, -0.1) is 0 Å². The minimum atomic E-state index is -0.483. The Balaban J connectivity index is 1.99. The normalized spacial score (nSPS) is 33.7. The van der Waals surface area contributed by atoms with Gasteiger partial charge in [-0.25, -0.2) is 4.79 Å². The zero-order valence-corrected chi connectivity index (χ0v) is 14.7. The summed E-state index contributed by atoms with van der Waals surface area (Å²) in [5, 5.41) is 0. The van der Waals surface area contributed by atoms with Crippen LogP contribution in [0.15, 0.2) is 0 Å². The lowest BCUT2D eigenvalue weighted by atomic mass is 9.69. The molecule has 0 N–H and O–H groups in total. The number of ketones is 1. The number of hydrogen-bond acceptors (Lipinski definition) is 3. The molecule has 2 aliphatic rings. The highest BCUT2D eigenvalue weighted by molar-refractivity contribution is 5.84. The molecule has 2 fully saturated rings. The molecule has 2 rings (SSSR count). The van der Waals surface area contributed by atoms with Gasteiger partial charge in [0.1, 0.15) is 11.4 Å². The van der Waals surface area contributed by atoms with E-state index in [4.69, 9.17) is 4.74 Å². The smallest absolute Gasteiger partial charge is 0.410 e. The fraction of sp³-hybridized carbons (Fsp3) is 0.889. The third-order valence-electron chi connectivity index (χ3n) is 5.32. The van der Waals surface area contributed by atoms with Crippen LogP contribution < -0.4 is 0 Å². The first-order valence-electron chi connectivity index (χ1n) is 8.68. The average molecular weight is 309 g/mol. The molecule has 0 aromatic carbocycles. The first-order valence-corrected chi connectivity index (χ1v) is 8.68. The molecular weight excluding hydrogens is 278 g/mol. The second kappa shape index (κ2) is 6.59. The van der Waals surface area contributed by atoms with Gasteiger partial charge in [0.25, 0.3) is 0 Å². The predicted octanol–water partition coefficient (Wildman–Crippen LogP) is 3.88. The minimum absolute atomic E-state index is 0.0104. The van der Waals surface area contributed by atoms with E-state index >= 15 is 0 Å². The van der Waals surface area contributed by atoms with Gasteiger partial charge in [0.05, 0.1) is 0 Å². The molecule has 4 nitrogen and oxygen atoms in total. The largest absolute Gasteiger partial charge is 0.444 e. The van der Waals surface area contributed by atoms with E-state index in [9.17, 15) is 9.59 Å². The number of carbonyl (C=O) groups is 2. The molecular formula is C18H31NO3. The number of nitrogens with zero attached hydrogens (tertiary/aromatic N) is 1. The van der Waals surface area contributed by atoms with Crippen molar-refractivity contribution in [2.24, 2.45) is 23.7 Å². The van der Waals surface area contributed by atoms with Gasteiger partial charge in [-0.1, -0.05) is 20.3 Å². The van der Waals surface area contributed by atoms with Crippen molar-refractivity contribution in [3.63, 3.8) is 0 Å². The Morgan fingerprint density at radius 3 is 2.45 bits per heavy atom. The van der Waals surface area contributed by atoms with Gasteiger partial charge in [-0.2, -0.15) is 0 Å². The van der Waals surface area contributed by atoms with E-state index < -0.39 is 5.60 Å². The predicted molar refractivity (Wildman–Crippen MR) is 86.6 cm³/mol. The highest BCUT2D eigenvalue weighted by atomic mass is 16.6. The van der Waals surface area contributed by atoms with Gasteiger partial charge < -0.3 is 9.64 Å². The van der Waals surface area contributed by atoms with E-state index in [1.165, 1.54) is 6.42 Å². The van der Waals surface area contributed by atoms with Crippen molar-refractivity contribution in [3.8, 4) is 0 Å². The quantitative estimate of drug-likeness (QED) is 0.738. The van der Waals surface area contributed by atoms with Crippen molar-refractivity contribution < 1.29 is 14.3 Å². The molecule has 1 saturated heterocycles. The minimum Gasteiger partial charge on any atom is -0.444 e. The molecule has 0 radical (unpaired) electrons. The van der Waals surface area contributed by atoms with Crippen molar-refractivity contribution in [1.29, 1.82) is 0 Å². The van der Waals surface area contributed by atoms with Crippen LogP contribution in [0, 0.1) is 23.7 Å². The molecule has 4 atom stereocenters. The van der Waals surface area contributed by atoms with E-state index in [1.807, 2.05) is 20.8 Å². The molecule has 126 valence electrons. The lowest BCUT2D eigenvalue weighted by molar-refractivity contribution is -0.129. The SMILES string of the molecule is CC1CCC(C2CN(C(=O)OC(C)(C)C)CCC2=O)CC1C. The highest BCUT2D eigenvalue weighted by Gasteiger charge is 2.39. The number of piperidine rings is 1. The van der Waals surface area contributed by atoms with Crippen LogP contribution in [-0.2, 0) is 9.53 Å². The van der Waals surface area contributed by atoms with Gasteiger partial charge in [-0.05, 0) is 51.4 Å². The standard InChI is InChI=1S/C18H31NO3/c1-12-6-7-14(10-13(12)2)15-11-19(9-8-16(15)20)17(21)22-18(3,4)5/h12-15H,6-11H2,1-5H3. The summed E-state index contributed by atoms with van der Waals surface area (Å²) in [4.78, 5) is 26.4. The zero-order valence-electron chi connectivity index (χ0n) is 14.7. The van der Waals surface area contributed by atoms with Crippen LogP contribution >= 0.6 is 0 Å². The van der Waals surface area contributed by atoms with Gasteiger partial charge in [0.15, 0.2) is 0 Å². The third-order valence-corrected chi connectivity index (χ3v) is 5.32. The van der Waals surface area contributed by atoms with Crippen LogP contribution in [0.3, 0.4) is 0 Å². The van der Waals surface area contributed by atoms with Crippen LogP contribution in [0.5, 0.6) is 0 Å². The summed E-state index contributed by atoms with van der Waals surface area (Å²) in [6.45, 7) is 11.3. The molecule has 0 aromatic heterocycles. The molecule has 1 aliphatic carbocycles. The van der Waals surface area contributed by atoms with Gasteiger partial charge in [0, 0.05) is 25.4 Å². The molecule has 1 amide bonds. The first-order chi connectivity index (χ1) is 10.2. The maximum Gasteiger partial charge on any atom is 0.410 e. The Labute approximate surface area is 134 Å². The summed E-state index contributed by atoms with van der Waals surface area (Å²) in [6.07, 6.45) is 3.62. The topological polar surface area (TPSA) is 46.6 Å². The van der Waals surface area contributed by atoms with E-state index in [1.54, 1.807) is 4.90 Å². The number of amides is 1. The molecule has 1 aliphatic heterocycles.